The number of hydrogen-bond acceptors (Lipinski definition) is 4. The lowest BCUT2D eigenvalue weighted by molar-refractivity contribution is -0.151. The van der Waals surface area contributed by atoms with Crippen LogP contribution in [-0.2, 0) is 14.3 Å². The number of carboxylic acid groups (broad SMARTS) is 1. The Balaban J connectivity index is 1.63. The van der Waals surface area contributed by atoms with Crippen molar-refractivity contribution in [1.29, 1.82) is 0 Å². The van der Waals surface area contributed by atoms with Crippen molar-refractivity contribution < 1.29 is 24.5 Å². The first-order valence-electron chi connectivity index (χ1n) is 13.5. The van der Waals surface area contributed by atoms with Crippen LogP contribution >= 0.6 is 0 Å². The van der Waals surface area contributed by atoms with Gasteiger partial charge in [-0.2, -0.15) is 0 Å². The number of ether oxygens (including phenoxy) is 1. The Morgan fingerprint density at radius 2 is 1.94 bits per heavy atom. The van der Waals surface area contributed by atoms with Crippen molar-refractivity contribution in [3.8, 4) is 0 Å². The third-order valence-corrected chi connectivity index (χ3v) is 10.6. The normalized spacial score (nSPS) is 39.6. The molecule has 4 aliphatic rings. The molecular formula is C30H44O5. The van der Waals surface area contributed by atoms with Gasteiger partial charge in [0.2, 0.25) is 0 Å². The van der Waals surface area contributed by atoms with Crippen molar-refractivity contribution >= 4 is 11.9 Å². The molecule has 1 aliphatic heterocycles. The van der Waals surface area contributed by atoms with E-state index in [2.05, 4.69) is 26.8 Å². The van der Waals surface area contributed by atoms with Crippen LogP contribution in [0.25, 0.3) is 0 Å². The van der Waals surface area contributed by atoms with Crippen LogP contribution in [0.1, 0.15) is 92.9 Å². The summed E-state index contributed by atoms with van der Waals surface area (Å²) in [5.74, 6) is 0.167. The Bertz CT molecular complexity index is 966. The van der Waals surface area contributed by atoms with Gasteiger partial charge in [-0.15, -0.1) is 0 Å². The second-order valence-corrected chi connectivity index (χ2v) is 12.8. The minimum atomic E-state index is -0.883. The molecule has 0 aromatic carbocycles. The van der Waals surface area contributed by atoms with Crippen LogP contribution in [0.2, 0.25) is 0 Å². The number of aliphatic carboxylic acids is 1. The van der Waals surface area contributed by atoms with Gasteiger partial charge in [0.1, 0.15) is 6.10 Å². The van der Waals surface area contributed by atoms with Crippen molar-refractivity contribution in [3.63, 3.8) is 0 Å². The molecule has 0 bridgehead atoms. The topological polar surface area (TPSA) is 83.8 Å². The molecular weight excluding hydrogens is 440 g/mol. The molecule has 2 N–H and O–H groups in total. The molecule has 35 heavy (non-hydrogen) atoms. The number of carbonyl (C=O) groups is 2. The van der Waals surface area contributed by atoms with Gasteiger partial charge < -0.3 is 14.9 Å². The fourth-order valence-electron chi connectivity index (χ4n) is 8.23. The molecule has 5 nitrogen and oxygen atoms in total. The van der Waals surface area contributed by atoms with Crippen molar-refractivity contribution in [2.24, 2.45) is 34.5 Å². The Morgan fingerprint density at radius 3 is 2.57 bits per heavy atom. The van der Waals surface area contributed by atoms with Crippen molar-refractivity contribution in [3.05, 3.63) is 34.9 Å². The zero-order chi connectivity index (χ0) is 25.8. The summed E-state index contributed by atoms with van der Waals surface area (Å²) in [5, 5.41) is 20.3. The Labute approximate surface area is 210 Å². The summed E-state index contributed by atoms with van der Waals surface area (Å²) in [6, 6.07) is 0. The van der Waals surface area contributed by atoms with Gasteiger partial charge in [-0.05, 0) is 87.9 Å². The number of hydrogen-bond donors (Lipinski definition) is 2. The van der Waals surface area contributed by atoms with Crippen molar-refractivity contribution in [2.75, 3.05) is 0 Å². The molecule has 7 atom stereocenters. The van der Waals surface area contributed by atoms with Crippen LogP contribution in [0.3, 0.4) is 0 Å². The lowest BCUT2D eigenvalue weighted by atomic mass is 9.51. The van der Waals surface area contributed by atoms with Crippen LogP contribution < -0.4 is 0 Å². The zero-order valence-corrected chi connectivity index (χ0v) is 22.4. The molecule has 1 heterocycles. The van der Waals surface area contributed by atoms with E-state index < -0.39 is 11.6 Å². The number of allylic oxidation sites excluding steroid dienone is 2. The third kappa shape index (κ3) is 4.54. The van der Waals surface area contributed by atoms with E-state index in [1.54, 1.807) is 0 Å². The standard InChI is InChI=1S/C30H44O5/c1-18-7-11-25(35-27(18)33)19(2)22-14-16-30(6)24-10-9-23(28(3,4)34)20(8-12-26(31)32)17-21(24)13-15-29(22,30)5/h7-8,13,19,22-25,34H,9-12,14-17H2,1-6H3,(H,31,32)/t19-,22+,23+,24+,25-,29+,30-/m0/s1. The first-order chi connectivity index (χ1) is 16.3. The monoisotopic (exact) mass is 484 g/mol. The maximum absolute atomic E-state index is 12.3. The third-order valence-electron chi connectivity index (χ3n) is 10.6. The number of cyclic esters (lactones) is 1. The Kier molecular flexibility index (Phi) is 6.89. The van der Waals surface area contributed by atoms with Crippen LogP contribution in [0.15, 0.2) is 34.9 Å². The number of rotatable bonds is 5. The zero-order valence-electron chi connectivity index (χ0n) is 22.4. The van der Waals surface area contributed by atoms with Gasteiger partial charge in [0.25, 0.3) is 0 Å². The lowest BCUT2D eigenvalue weighted by Gasteiger charge is -2.54. The fraction of sp³-hybridized carbons (Fsp3) is 0.733. The van der Waals surface area contributed by atoms with E-state index in [4.69, 9.17) is 4.74 Å². The van der Waals surface area contributed by atoms with E-state index in [9.17, 15) is 19.8 Å². The second kappa shape index (κ2) is 9.21. The van der Waals surface area contributed by atoms with Gasteiger partial charge in [-0.25, -0.2) is 4.79 Å². The molecule has 0 aromatic heterocycles. The highest BCUT2D eigenvalue weighted by molar-refractivity contribution is 5.88. The molecule has 0 spiro atoms. The van der Waals surface area contributed by atoms with Gasteiger partial charge in [-0.3, -0.25) is 4.79 Å². The number of fused-ring (bicyclic) bond motifs is 3. The van der Waals surface area contributed by atoms with Crippen molar-refractivity contribution in [1.82, 2.24) is 0 Å². The first kappa shape index (κ1) is 26.2. The molecule has 0 radical (unpaired) electrons. The Hall–Kier alpha value is -1.88. The number of carbonyl (C=O) groups excluding carboxylic acids is 1. The maximum atomic E-state index is 12.3. The molecule has 4 rings (SSSR count). The molecule has 0 amide bonds. The second-order valence-electron chi connectivity index (χ2n) is 12.8. The van der Waals surface area contributed by atoms with Gasteiger partial charge in [-0.1, -0.05) is 50.1 Å². The van der Waals surface area contributed by atoms with Gasteiger partial charge in [0.05, 0.1) is 12.0 Å². The van der Waals surface area contributed by atoms with E-state index >= 15 is 0 Å². The maximum Gasteiger partial charge on any atom is 0.333 e. The first-order valence-corrected chi connectivity index (χ1v) is 13.5. The minimum absolute atomic E-state index is 0.00244. The fourth-order valence-corrected chi connectivity index (χ4v) is 8.23. The van der Waals surface area contributed by atoms with Gasteiger partial charge in [0, 0.05) is 17.9 Å². The van der Waals surface area contributed by atoms with Gasteiger partial charge >= 0.3 is 11.9 Å². The van der Waals surface area contributed by atoms with Crippen molar-refractivity contribution in [2.45, 2.75) is 105 Å². The molecule has 0 saturated heterocycles. The van der Waals surface area contributed by atoms with E-state index in [1.165, 1.54) is 5.57 Å². The quantitative estimate of drug-likeness (QED) is 0.357. The summed E-state index contributed by atoms with van der Waals surface area (Å²) in [6.45, 7) is 12.8. The highest BCUT2D eigenvalue weighted by Crippen LogP contribution is 2.69. The molecule has 2 saturated carbocycles. The summed E-state index contributed by atoms with van der Waals surface area (Å²) in [7, 11) is 0. The predicted octanol–water partition coefficient (Wildman–Crippen LogP) is 6.23. The molecule has 2 fully saturated rings. The number of aliphatic hydroxyl groups is 1. The van der Waals surface area contributed by atoms with Crippen LogP contribution in [0.4, 0.5) is 0 Å². The lowest BCUT2D eigenvalue weighted by Crippen LogP contribution is -2.48. The highest BCUT2D eigenvalue weighted by atomic mass is 16.5. The van der Waals surface area contributed by atoms with Crippen LogP contribution in [-0.4, -0.2) is 33.9 Å². The average Bonchev–Trinajstić information content (AvgIpc) is 2.92. The summed E-state index contributed by atoms with van der Waals surface area (Å²) >= 11 is 0. The molecule has 0 unspecified atom stereocenters. The smallest absolute Gasteiger partial charge is 0.333 e. The highest BCUT2D eigenvalue weighted by Gasteiger charge is 2.61. The summed E-state index contributed by atoms with van der Waals surface area (Å²) in [4.78, 5) is 23.6. The van der Waals surface area contributed by atoms with Crippen LogP contribution in [0, 0.1) is 34.5 Å². The van der Waals surface area contributed by atoms with E-state index in [0.717, 1.165) is 50.5 Å². The summed E-state index contributed by atoms with van der Waals surface area (Å²) in [5.41, 5.74) is 2.60. The number of carboxylic acids is 1. The molecule has 5 heteroatoms. The molecule has 3 aliphatic carbocycles. The van der Waals surface area contributed by atoms with E-state index in [1.807, 2.05) is 32.9 Å². The minimum Gasteiger partial charge on any atom is -0.481 e. The van der Waals surface area contributed by atoms with E-state index in [0.29, 0.717) is 23.3 Å². The largest absolute Gasteiger partial charge is 0.481 e. The molecule has 0 aromatic rings. The summed E-state index contributed by atoms with van der Waals surface area (Å²) in [6.07, 6.45) is 13.0. The average molecular weight is 485 g/mol. The predicted molar refractivity (Wildman–Crippen MR) is 137 cm³/mol. The number of esters is 1. The SMILES string of the molecule is CC1=CC[C@@H]([C@@H](C)[C@H]2CC[C@@]3(C)[C@@H]4CC[C@@H](C(C)(C)O)C(=CCC(=O)O)CC4=CC[C@]23C)OC1=O. The molecule has 194 valence electrons. The van der Waals surface area contributed by atoms with Crippen LogP contribution in [0.5, 0.6) is 0 Å². The van der Waals surface area contributed by atoms with Gasteiger partial charge in [0.15, 0.2) is 0 Å². The van der Waals surface area contributed by atoms with E-state index in [-0.39, 0.29) is 35.2 Å². The summed E-state index contributed by atoms with van der Waals surface area (Å²) < 4.78 is 5.86. The Morgan fingerprint density at radius 1 is 1.23 bits per heavy atom.